The van der Waals surface area contributed by atoms with E-state index in [4.69, 9.17) is 4.42 Å². The first-order valence-electron chi connectivity index (χ1n) is 7.35. The van der Waals surface area contributed by atoms with Gasteiger partial charge in [-0.3, -0.25) is 4.79 Å². The fraction of sp³-hybridized carbons (Fsp3) is 0.667. The summed E-state index contributed by atoms with van der Waals surface area (Å²) < 4.78 is 5.48. The van der Waals surface area contributed by atoms with Gasteiger partial charge < -0.3 is 14.6 Å². The summed E-state index contributed by atoms with van der Waals surface area (Å²) in [5.41, 5.74) is 0. The minimum Gasteiger partial charge on any atom is -0.456 e. The molecule has 0 radical (unpaired) electrons. The van der Waals surface area contributed by atoms with Crippen LogP contribution in [0.15, 0.2) is 16.5 Å². The van der Waals surface area contributed by atoms with Gasteiger partial charge in [0.1, 0.15) is 5.76 Å². The zero-order valence-electron chi connectivity index (χ0n) is 11.5. The number of piperidine rings is 1. The van der Waals surface area contributed by atoms with Crippen molar-refractivity contribution in [2.24, 2.45) is 0 Å². The van der Waals surface area contributed by atoms with Crippen molar-refractivity contribution >= 4 is 5.91 Å². The van der Waals surface area contributed by atoms with Gasteiger partial charge in [-0.05, 0) is 51.3 Å². The van der Waals surface area contributed by atoms with E-state index < -0.39 is 0 Å². The molecule has 1 aliphatic heterocycles. The lowest BCUT2D eigenvalue weighted by Crippen LogP contribution is -2.46. The molecule has 4 nitrogen and oxygen atoms in total. The molecule has 1 amide bonds. The van der Waals surface area contributed by atoms with Crippen molar-refractivity contribution in [3.8, 4) is 0 Å². The highest BCUT2D eigenvalue weighted by Gasteiger charge is 2.35. The third-order valence-corrected chi connectivity index (χ3v) is 4.03. The maximum atomic E-state index is 12.5. The van der Waals surface area contributed by atoms with Crippen molar-refractivity contribution < 1.29 is 9.21 Å². The predicted molar refractivity (Wildman–Crippen MR) is 73.1 cm³/mol. The maximum Gasteiger partial charge on any atom is 0.289 e. The average molecular weight is 262 g/mol. The van der Waals surface area contributed by atoms with Crippen LogP contribution in [0.1, 0.15) is 48.4 Å². The van der Waals surface area contributed by atoms with Gasteiger partial charge in [-0.15, -0.1) is 0 Å². The van der Waals surface area contributed by atoms with Crippen LogP contribution in [-0.2, 0) is 0 Å². The zero-order chi connectivity index (χ0) is 13.2. The van der Waals surface area contributed by atoms with Gasteiger partial charge in [-0.2, -0.15) is 0 Å². The van der Waals surface area contributed by atoms with Crippen LogP contribution in [0, 0.1) is 6.92 Å². The Hall–Kier alpha value is -1.29. The fourth-order valence-corrected chi connectivity index (χ4v) is 2.79. The second-order valence-electron chi connectivity index (χ2n) is 5.75. The Morgan fingerprint density at radius 1 is 1.37 bits per heavy atom. The molecule has 1 aromatic rings. The summed E-state index contributed by atoms with van der Waals surface area (Å²) in [6.07, 6.45) is 5.97. The summed E-state index contributed by atoms with van der Waals surface area (Å²) >= 11 is 0. The summed E-state index contributed by atoms with van der Waals surface area (Å²) in [6, 6.07) is 4.54. The number of carbonyl (C=O) groups excluding carboxylic acids is 1. The Kier molecular flexibility index (Phi) is 3.60. The van der Waals surface area contributed by atoms with Gasteiger partial charge in [0, 0.05) is 18.6 Å². The first kappa shape index (κ1) is 12.7. The lowest BCUT2D eigenvalue weighted by atomic mass is 10.0. The standard InChI is InChI=1S/C15H22N2O2/c1-11-5-8-14(19-11)15(18)17(13-6-7-13)10-12-4-2-3-9-16-12/h5,8,12-13,16H,2-4,6-7,9-10H2,1H3. The summed E-state index contributed by atoms with van der Waals surface area (Å²) in [5, 5.41) is 3.52. The van der Waals surface area contributed by atoms with Gasteiger partial charge in [0.2, 0.25) is 0 Å². The van der Waals surface area contributed by atoms with Gasteiger partial charge in [-0.1, -0.05) is 6.42 Å². The topological polar surface area (TPSA) is 45.5 Å². The van der Waals surface area contributed by atoms with Gasteiger partial charge in [-0.25, -0.2) is 0 Å². The molecule has 1 unspecified atom stereocenters. The molecule has 1 saturated carbocycles. The summed E-state index contributed by atoms with van der Waals surface area (Å²) in [7, 11) is 0. The minimum atomic E-state index is 0.0583. The number of hydrogen-bond acceptors (Lipinski definition) is 3. The molecule has 0 spiro atoms. The van der Waals surface area contributed by atoms with Crippen LogP contribution in [-0.4, -0.2) is 36.0 Å². The smallest absolute Gasteiger partial charge is 0.289 e. The third-order valence-electron chi connectivity index (χ3n) is 4.03. The van der Waals surface area contributed by atoms with E-state index in [9.17, 15) is 4.79 Å². The Bertz CT molecular complexity index is 445. The number of furan rings is 1. The molecule has 0 bridgehead atoms. The summed E-state index contributed by atoms with van der Waals surface area (Å²) in [6.45, 7) is 3.78. The van der Waals surface area contributed by atoms with E-state index in [1.807, 2.05) is 17.9 Å². The lowest BCUT2D eigenvalue weighted by Gasteiger charge is -2.30. The molecule has 1 N–H and O–H groups in total. The first-order valence-corrected chi connectivity index (χ1v) is 7.35. The van der Waals surface area contributed by atoms with Crippen LogP contribution in [0.5, 0.6) is 0 Å². The van der Waals surface area contributed by atoms with E-state index >= 15 is 0 Å². The predicted octanol–water partition coefficient (Wildman–Crippen LogP) is 2.33. The molecule has 2 aliphatic rings. The van der Waals surface area contributed by atoms with Crippen molar-refractivity contribution in [3.63, 3.8) is 0 Å². The van der Waals surface area contributed by atoms with Crippen molar-refractivity contribution in [3.05, 3.63) is 23.7 Å². The van der Waals surface area contributed by atoms with E-state index in [0.717, 1.165) is 31.7 Å². The van der Waals surface area contributed by atoms with Crippen LogP contribution in [0.2, 0.25) is 0 Å². The molecule has 19 heavy (non-hydrogen) atoms. The molecule has 0 aromatic carbocycles. The Morgan fingerprint density at radius 2 is 2.21 bits per heavy atom. The molecule has 1 atom stereocenters. The van der Waals surface area contributed by atoms with Crippen LogP contribution in [0.3, 0.4) is 0 Å². The Morgan fingerprint density at radius 3 is 2.79 bits per heavy atom. The number of rotatable bonds is 4. The highest BCUT2D eigenvalue weighted by Crippen LogP contribution is 2.29. The Balaban J connectivity index is 1.68. The molecule has 1 aliphatic carbocycles. The van der Waals surface area contributed by atoms with E-state index in [-0.39, 0.29) is 5.91 Å². The second-order valence-corrected chi connectivity index (χ2v) is 5.75. The van der Waals surface area contributed by atoms with Gasteiger partial charge in [0.05, 0.1) is 0 Å². The number of nitrogens with zero attached hydrogens (tertiary/aromatic N) is 1. The zero-order valence-corrected chi connectivity index (χ0v) is 11.5. The van der Waals surface area contributed by atoms with Gasteiger partial charge in [0.25, 0.3) is 5.91 Å². The monoisotopic (exact) mass is 262 g/mol. The van der Waals surface area contributed by atoms with Crippen LogP contribution >= 0.6 is 0 Å². The third kappa shape index (κ3) is 3.00. The number of hydrogen-bond donors (Lipinski definition) is 1. The van der Waals surface area contributed by atoms with Gasteiger partial charge >= 0.3 is 0 Å². The molecule has 4 heteroatoms. The van der Waals surface area contributed by atoms with Crippen LogP contribution in [0.25, 0.3) is 0 Å². The van der Waals surface area contributed by atoms with E-state index in [1.165, 1.54) is 19.3 Å². The molecule has 2 fully saturated rings. The molecule has 2 heterocycles. The number of carbonyl (C=O) groups is 1. The Labute approximate surface area is 114 Å². The van der Waals surface area contributed by atoms with Crippen molar-refractivity contribution in [1.82, 2.24) is 10.2 Å². The van der Waals surface area contributed by atoms with Crippen molar-refractivity contribution in [2.75, 3.05) is 13.1 Å². The van der Waals surface area contributed by atoms with Crippen molar-refractivity contribution in [2.45, 2.75) is 51.1 Å². The molecule has 1 aromatic heterocycles. The summed E-state index contributed by atoms with van der Waals surface area (Å²) in [5.74, 6) is 1.35. The fourth-order valence-electron chi connectivity index (χ4n) is 2.79. The molecular formula is C15H22N2O2. The largest absolute Gasteiger partial charge is 0.456 e. The summed E-state index contributed by atoms with van der Waals surface area (Å²) in [4.78, 5) is 14.5. The van der Waals surface area contributed by atoms with E-state index in [0.29, 0.717) is 17.8 Å². The minimum absolute atomic E-state index is 0.0583. The number of nitrogens with one attached hydrogen (secondary N) is 1. The molecule has 1 saturated heterocycles. The lowest BCUT2D eigenvalue weighted by molar-refractivity contribution is 0.0684. The second kappa shape index (κ2) is 5.37. The van der Waals surface area contributed by atoms with E-state index in [1.54, 1.807) is 6.07 Å². The normalized spacial score (nSPS) is 23.3. The van der Waals surface area contributed by atoms with Crippen LogP contribution < -0.4 is 5.32 Å². The van der Waals surface area contributed by atoms with Gasteiger partial charge in [0.15, 0.2) is 5.76 Å². The highest BCUT2D eigenvalue weighted by molar-refractivity contribution is 5.92. The molecule has 104 valence electrons. The number of aryl methyl sites for hydroxylation is 1. The maximum absolute atomic E-state index is 12.5. The quantitative estimate of drug-likeness (QED) is 0.906. The van der Waals surface area contributed by atoms with Crippen molar-refractivity contribution in [1.29, 1.82) is 0 Å². The van der Waals surface area contributed by atoms with E-state index in [2.05, 4.69) is 5.32 Å². The first-order chi connectivity index (χ1) is 9.24. The molecular weight excluding hydrogens is 240 g/mol. The molecule has 3 rings (SSSR count). The highest BCUT2D eigenvalue weighted by atomic mass is 16.3. The van der Waals surface area contributed by atoms with Crippen LogP contribution in [0.4, 0.5) is 0 Å². The number of amides is 1. The SMILES string of the molecule is Cc1ccc(C(=O)N(CC2CCCCN2)C2CC2)o1. The average Bonchev–Trinajstić information content (AvgIpc) is 3.18.